The summed E-state index contributed by atoms with van der Waals surface area (Å²) in [5.74, 6) is 2.06. The van der Waals surface area contributed by atoms with Gasteiger partial charge in [-0.2, -0.15) is 0 Å². The lowest BCUT2D eigenvalue weighted by Gasteiger charge is -2.37. The van der Waals surface area contributed by atoms with Crippen LogP contribution in [0.4, 0.5) is 0 Å². The van der Waals surface area contributed by atoms with E-state index in [0.29, 0.717) is 6.04 Å². The topological polar surface area (TPSA) is 51.9 Å². The molecule has 1 amide bonds. The lowest BCUT2D eigenvalue weighted by atomic mass is 9.64. The molecule has 178 valence electrons. The highest BCUT2D eigenvalue weighted by Gasteiger charge is 2.51. The minimum atomic E-state index is -0.809. The van der Waals surface area contributed by atoms with Gasteiger partial charge >= 0.3 is 0 Å². The molecule has 1 aromatic heterocycles. The Morgan fingerprint density at radius 1 is 0.941 bits per heavy atom. The number of aromatic nitrogens is 2. The molecule has 4 heteroatoms. The average Bonchev–Trinajstić information content (AvgIpc) is 3.49. The van der Waals surface area contributed by atoms with Gasteiger partial charge in [0.05, 0.1) is 6.54 Å². The van der Waals surface area contributed by atoms with E-state index in [0.717, 1.165) is 42.9 Å². The molecule has 2 fully saturated rings. The van der Waals surface area contributed by atoms with Gasteiger partial charge in [-0.25, -0.2) is 9.13 Å². The molecular formula is C30H38N3O+. The Hall–Kier alpha value is -2.88. The van der Waals surface area contributed by atoms with Gasteiger partial charge in [0.2, 0.25) is 5.91 Å². The van der Waals surface area contributed by atoms with E-state index in [1.807, 2.05) is 36.4 Å². The first kappa shape index (κ1) is 22.9. The van der Waals surface area contributed by atoms with Crippen molar-refractivity contribution in [1.82, 2.24) is 4.57 Å². The van der Waals surface area contributed by atoms with Gasteiger partial charge in [-0.05, 0) is 55.1 Å². The van der Waals surface area contributed by atoms with E-state index in [-0.39, 0.29) is 11.8 Å². The van der Waals surface area contributed by atoms with Crippen molar-refractivity contribution in [2.45, 2.75) is 76.3 Å². The molecule has 2 N–H and O–H groups in total. The predicted octanol–water partition coefficient (Wildman–Crippen LogP) is 5.48. The van der Waals surface area contributed by atoms with Crippen LogP contribution in [0.3, 0.4) is 0 Å². The highest BCUT2D eigenvalue weighted by molar-refractivity contribution is 5.91. The normalized spacial score (nSPS) is 21.6. The number of hydrogen-bond acceptors (Lipinski definition) is 1. The summed E-state index contributed by atoms with van der Waals surface area (Å²) >= 11 is 0. The van der Waals surface area contributed by atoms with Crippen LogP contribution in [0.2, 0.25) is 0 Å². The molecule has 0 aliphatic heterocycles. The van der Waals surface area contributed by atoms with Crippen molar-refractivity contribution in [1.29, 1.82) is 0 Å². The lowest BCUT2D eigenvalue weighted by Crippen LogP contribution is -2.47. The van der Waals surface area contributed by atoms with Crippen LogP contribution in [0.15, 0.2) is 73.1 Å². The SMILES string of the molecule is Cc1n([C@@H]2CC[C@H](C(C(N)=O)(c3ccccc3)c3ccccc3)C2)cc[n+]1CC1CCCCC1. The van der Waals surface area contributed by atoms with E-state index < -0.39 is 5.41 Å². The van der Waals surface area contributed by atoms with Gasteiger partial charge in [0.15, 0.2) is 0 Å². The third-order valence-corrected chi connectivity index (χ3v) is 8.63. The van der Waals surface area contributed by atoms with E-state index in [4.69, 9.17) is 5.73 Å². The fourth-order valence-corrected chi connectivity index (χ4v) is 6.87. The first-order valence-corrected chi connectivity index (χ1v) is 13.1. The molecule has 2 aliphatic rings. The minimum Gasteiger partial charge on any atom is -0.369 e. The molecule has 5 rings (SSSR count). The van der Waals surface area contributed by atoms with E-state index in [9.17, 15) is 4.79 Å². The zero-order valence-corrected chi connectivity index (χ0v) is 20.4. The van der Waals surface area contributed by atoms with Crippen LogP contribution in [0.25, 0.3) is 0 Å². The smallest absolute Gasteiger partial charge is 0.253 e. The number of carbonyl (C=O) groups is 1. The summed E-state index contributed by atoms with van der Waals surface area (Å²) in [5, 5.41) is 0. The predicted molar refractivity (Wildman–Crippen MR) is 135 cm³/mol. The van der Waals surface area contributed by atoms with Crippen molar-refractivity contribution in [3.05, 3.63) is 90.0 Å². The monoisotopic (exact) mass is 456 g/mol. The van der Waals surface area contributed by atoms with Gasteiger partial charge in [-0.1, -0.05) is 79.9 Å². The maximum absolute atomic E-state index is 13.4. The number of rotatable bonds is 7. The fourth-order valence-electron chi connectivity index (χ4n) is 6.87. The molecule has 2 aliphatic carbocycles. The van der Waals surface area contributed by atoms with E-state index in [1.165, 1.54) is 37.9 Å². The standard InChI is InChI=1S/C30H37N3O/c1-23-32(22-24-11-5-2-6-12-24)19-20-33(23)28-18-17-27(21-28)30(29(31)34,25-13-7-3-8-14-25)26-15-9-4-10-16-26/h3-4,7-10,13-16,19-20,24,27-28H,2,5-6,11-12,17-18,21-22H2,1H3,(H-,31,34)/p+1/t27-,28+/m0/s1. The number of nitrogens with two attached hydrogens (primary N) is 1. The van der Waals surface area contributed by atoms with Crippen LogP contribution in [0, 0.1) is 18.8 Å². The van der Waals surface area contributed by atoms with Crippen LogP contribution >= 0.6 is 0 Å². The van der Waals surface area contributed by atoms with Crippen molar-refractivity contribution in [2.24, 2.45) is 17.6 Å². The van der Waals surface area contributed by atoms with Crippen molar-refractivity contribution in [2.75, 3.05) is 0 Å². The lowest BCUT2D eigenvalue weighted by molar-refractivity contribution is -0.709. The molecule has 0 saturated heterocycles. The van der Waals surface area contributed by atoms with E-state index >= 15 is 0 Å². The Bertz CT molecular complexity index is 1060. The Balaban J connectivity index is 1.45. The summed E-state index contributed by atoms with van der Waals surface area (Å²) in [5.41, 5.74) is 7.50. The first-order chi connectivity index (χ1) is 16.6. The van der Waals surface area contributed by atoms with Gasteiger partial charge < -0.3 is 5.73 Å². The maximum Gasteiger partial charge on any atom is 0.253 e. The van der Waals surface area contributed by atoms with Gasteiger partial charge in [0.25, 0.3) is 5.82 Å². The Labute approximate surface area is 203 Å². The van der Waals surface area contributed by atoms with Crippen molar-refractivity contribution >= 4 is 5.91 Å². The second-order valence-electron chi connectivity index (χ2n) is 10.5. The molecule has 0 unspecified atom stereocenters. The second kappa shape index (κ2) is 9.77. The summed E-state index contributed by atoms with van der Waals surface area (Å²) in [6.07, 6.45) is 14.4. The number of primary amides is 1. The number of imidazole rings is 1. The molecule has 2 atom stereocenters. The summed E-state index contributed by atoms with van der Waals surface area (Å²) in [4.78, 5) is 13.4. The van der Waals surface area contributed by atoms with Crippen molar-refractivity contribution in [3.63, 3.8) is 0 Å². The molecule has 0 spiro atoms. The van der Waals surface area contributed by atoms with Crippen LogP contribution < -0.4 is 10.3 Å². The average molecular weight is 457 g/mol. The molecule has 34 heavy (non-hydrogen) atoms. The molecule has 1 heterocycles. The van der Waals surface area contributed by atoms with Crippen LogP contribution in [-0.2, 0) is 16.8 Å². The molecule has 2 aromatic carbocycles. The second-order valence-corrected chi connectivity index (χ2v) is 10.5. The number of amides is 1. The third kappa shape index (κ3) is 4.08. The van der Waals surface area contributed by atoms with Crippen LogP contribution in [-0.4, -0.2) is 10.5 Å². The van der Waals surface area contributed by atoms with Gasteiger partial charge in [-0.15, -0.1) is 0 Å². The molecular weight excluding hydrogens is 418 g/mol. The molecule has 4 nitrogen and oxygen atoms in total. The third-order valence-electron chi connectivity index (χ3n) is 8.63. The highest BCUT2D eigenvalue weighted by atomic mass is 16.1. The first-order valence-electron chi connectivity index (χ1n) is 13.1. The molecule has 0 radical (unpaired) electrons. The van der Waals surface area contributed by atoms with Gasteiger partial charge in [0.1, 0.15) is 23.9 Å². The number of nitrogens with zero attached hydrogens (tertiary/aromatic N) is 2. The van der Waals surface area contributed by atoms with Gasteiger partial charge in [0, 0.05) is 6.92 Å². The summed E-state index contributed by atoms with van der Waals surface area (Å²) in [6, 6.07) is 20.8. The quantitative estimate of drug-likeness (QED) is 0.471. The zero-order chi connectivity index (χ0) is 23.5. The summed E-state index contributed by atoms with van der Waals surface area (Å²) < 4.78 is 4.92. The van der Waals surface area contributed by atoms with Crippen molar-refractivity contribution < 1.29 is 9.36 Å². The van der Waals surface area contributed by atoms with Gasteiger partial charge in [-0.3, -0.25) is 4.79 Å². The number of carbonyl (C=O) groups excluding carboxylic acids is 1. The van der Waals surface area contributed by atoms with Crippen molar-refractivity contribution in [3.8, 4) is 0 Å². The van der Waals surface area contributed by atoms with E-state index in [2.05, 4.69) is 52.7 Å². The maximum atomic E-state index is 13.4. The fraction of sp³-hybridized carbons (Fsp3) is 0.467. The summed E-state index contributed by atoms with van der Waals surface area (Å²) in [7, 11) is 0. The Kier molecular flexibility index (Phi) is 6.58. The molecule has 3 aromatic rings. The molecule has 2 saturated carbocycles. The van der Waals surface area contributed by atoms with Crippen LogP contribution in [0.1, 0.15) is 74.4 Å². The number of benzene rings is 2. The largest absolute Gasteiger partial charge is 0.369 e. The van der Waals surface area contributed by atoms with Crippen LogP contribution in [0.5, 0.6) is 0 Å². The Morgan fingerprint density at radius 2 is 1.56 bits per heavy atom. The number of hydrogen-bond donors (Lipinski definition) is 1. The van der Waals surface area contributed by atoms with E-state index in [1.54, 1.807) is 0 Å². The minimum absolute atomic E-state index is 0.161. The Morgan fingerprint density at radius 3 is 2.15 bits per heavy atom. The molecule has 0 bridgehead atoms. The summed E-state index contributed by atoms with van der Waals surface area (Å²) in [6.45, 7) is 3.39. The zero-order valence-electron chi connectivity index (χ0n) is 20.4. The highest BCUT2D eigenvalue weighted by Crippen LogP contribution is 2.50.